The first-order chi connectivity index (χ1) is 15.1. The zero-order valence-corrected chi connectivity index (χ0v) is 18.2. The van der Waals surface area contributed by atoms with Crippen LogP contribution in [0.3, 0.4) is 0 Å². The Kier molecular flexibility index (Phi) is 7.63. The highest BCUT2D eigenvalue weighted by Gasteiger charge is 2.27. The van der Waals surface area contributed by atoms with Crippen LogP contribution in [0.2, 0.25) is 0 Å². The van der Waals surface area contributed by atoms with Crippen molar-refractivity contribution in [2.45, 2.75) is 32.6 Å². The maximum absolute atomic E-state index is 12.8. The van der Waals surface area contributed by atoms with Crippen molar-refractivity contribution in [2.24, 2.45) is 0 Å². The highest BCUT2D eigenvalue weighted by atomic mass is 32.1. The number of amides is 1. The summed E-state index contributed by atoms with van der Waals surface area (Å²) >= 11 is 1.39. The van der Waals surface area contributed by atoms with Crippen molar-refractivity contribution in [3.63, 3.8) is 0 Å². The number of benzene rings is 1. The van der Waals surface area contributed by atoms with Gasteiger partial charge in [0.15, 0.2) is 0 Å². The number of thiophene rings is 1. The maximum Gasteiger partial charge on any atom is 0.341 e. The van der Waals surface area contributed by atoms with Crippen molar-refractivity contribution < 1.29 is 19.1 Å². The van der Waals surface area contributed by atoms with Gasteiger partial charge in [0.1, 0.15) is 29.0 Å². The smallest absolute Gasteiger partial charge is 0.341 e. The molecule has 31 heavy (non-hydrogen) atoms. The average molecular weight is 437 g/mol. The van der Waals surface area contributed by atoms with Crippen molar-refractivity contribution in [1.29, 1.82) is 5.26 Å². The van der Waals surface area contributed by atoms with Crippen LogP contribution in [0.25, 0.3) is 6.08 Å². The molecule has 2 aromatic rings. The van der Waals surface area contributed by atoms with Crippen LogP contribution in [0.1, 0.15) is 46.1 Å². The van der Waals surface area contributed by atoms with Gasteiger partial charge in [-0.25, -0.2) is 4.79 Å². The standard InChI is InChI=1S/C24H24N2O4S/c1-3-13-30-18-11-9-16(10-12-18)14-17(15-25)22(27)26-23-21(24(28)29-4-2)19-7-5-6-8-20(19)31-23/h3,9-12,14H,1,4-8,13H2,2H3,(H,26,27)/b17-14+. The summed E-state index contributed by atoms with van der Waals surface area (Å²) in [7, 11) is 0. The van der Waals surface area contributed by atoms with E-state index in [1.54, 1.807) is 37.3 Å². The lowest BCUT2D eigenvalue weighted by atomic mass is 9.95. The Morgan fingerprint density at radius 3 is 2.68 bits per heavy atom. The van der Waals surface area contributed by atoms with Crippen molar-refractivity contribution >= 4 is 34.3 Å². The number of carbonyl (C=O) groups excluding carboxylic acids is 2. The fourth-order valence-corrected chi connectivity index (χ4v) is 4.65. The summed E-state index contributed by atoms with van der Waals surface area (Å²) in [5, 5.41) is 12.7. The zero-order chi connectivity index (χ0) is 22.2. The van der Waals surface area contributed by atoms with Gasteiger partial charge in [0.05, 0.1) is 12.2 Å². The molecular formula is C24H24N2O4S. The second kappa shape index (κ2) is 10.6. The number of hydrogen-bond donors (Lipinski definition) is 1. The highest BCUT2D eigenvalue weighted by Crippen LogP contribution is 2.38. The number of aryl methyl sites for hydroxylation is 1. The topological polar surface area (TPSA) is 88.4 Å². The van der Waals surface area contributed by atoms with Gasteiger partial charge in [-0.15, -0.1) is 11.3 Å². The predicted molar refractivity (Wildman–Crippen MR) is 121 cm³/mol. The summed E-state index contributed by atoms with van der Waals surface area (Å²) < 4.78 is 10.7. The summed E-state index contributed by atoms with van der Waals surface area (Å²) in [6.45, 7) is 6.01. The molecule has 0 saturated heterocycles. The fraction of sp³-hybridized carbons (Fsp3) is 0.292. The molecular weight excluding hydrogens is 412 g/mol. The van der Waals surface area contributed by atoms with E-state index >= 15 is 0 Å². The number of hydrogen-bond acceptors (Lipinski definition) is 6. The quantitative estimate of drug-likeness (QED) is 0.275. The largest absolute Gasteiger partial charge is 0.490 e. The van der Waals surface area contributed by atoms with Crippen molar-refractivity contribution in [3.05, 3.63) is 64.1 Å². The lowest BCUT2D eigenvalue weighted by Gasteiger charge is -2.12. The van der Waals surface area contributed by atoms with Crippen LogP contribution in [0.4, 0.5) is 5.00 Å². The van der Waals surface area contributed by atoms with E-state index in [2.05, 4.69) is 11.9 Å². The lowest BCUT2D eigenvalue weighted by Crippen LogP contribution is -2.16. The minimum atomic E-state index is -0.557. The number of rotatable bonds is 8. The maximum atomic E-state index is 12.8. The summed E-state index contributed by atoms with van der Waals surface area (Å²) in [5.74, 6) is -0.323. The number of fused-ring (bicyclic) bond motifs is 1. The third-order valence-electron chi connectivity index (χ3n) is 4.80. The summed E-state index contributed by atoms with van der Waals surface area (Å²) in [6, 6.07) is 8.99. The van der Waals surface area contributed by atoms with Crippen LogP contribution in [0.5, 0.6) is 5.75 Å². The van der Waals surface area contributed by atoms with Crippen LogP contribution < -0.4 is 10.1 Å². The van der Waals surface area contributed by atoms with Crippen LogP contribution >= 0.6 is 11.3 Å². The van der Waals surface area contributed by atoms with E-state index in [4.69, 9.17) is 9.47 Å². The third-order valence-corrected chi connectivity index (χ3v) is 6.01. The Morgan fingerprint density at radius 1 is 1.26 bits per heavy atom. The van der Waals surface area contributed by atoms with Crippen LogP contribution in [-0.2, 0) is 22.4 Å². The molecule has 7 heteroatoms. The lowest BCUT2D eigenvalue weighted by molar-refractivity contribution is -0.112. The number of nitrogens with one attached hydrogen (secondary N) is 1. The number of anilines is 1. The first-order valence-electron chi connectivity index (χ1n) is 10.2. The minimum Gasteiger partial charge on any atom is -0.490 e. The zero-order valence-electron chi connectivity index (χ0n) is 17.4. The van der Waals surface area contributed by atoms with E-state index in [0.29, 0.717) is 28.5 Å². The van der Waals surface area contributed by atoms with E-state index in [9.17, 15) is 14.9 Å². The second-order valence-corrected chi connectivity index (χ2v) is 8.03. The molecule has 1 heterocycles. The monoisotopic (exact) mass is 436 g/mol. The average Bonchev–Trinajstić information content (AvgIpc) is 3.14. The van der Waals surface area contributed by atoms with E-state index < -0.39 is 11.9 Å². The van der Waals surface area contributed by atoms with E-state index in [1.807, 2.05) is 6.07 Å². The molecule has 160 valence electrons. The molecule has 1 aliphatic carbocycles. The van der Waals surface area contributed by atoms with Crippen LogP contribution in [-0.4, -0.2) is 25.1 Å². The first-order valence-corrected chi connectivity index (χ1v) is 11.0. The van der Waals surface area contributed by atoms with Gasteiger partial charge in [0.25, 0.3) is 5.91 Å². The summed E-state index contributed by atoms with van der Waals surface area (Å²) in [4.78, 5) is 26.5. The molecule has 3 rings (SSSR count). The molecule has 1 aromatic carbocycles. The summed E-state index contributed by atoms with van der Waals surface area (Å²) in [6.07, 6.45) is 6.88. The number of esters is 1. The van der Waals surface area contributed by atoms with Gasteiger partial charge in [0.2, 0.25) is 0 Å². The van der Waals surface area contributed by atoms with E-state index in [1.165, 1.54) is 17.4 Å². The molecule has 1 aromatic heterocycles. The fourth-order valence-electron chi connectivity index (χ4n) is 3.37. The van der Waals surface area contributed by atoms with Gasteiger partial charge in [-0.1, -0.05) is 24.8 Å². The van der Waals surface area contributed by atoms with Gasteiger partial charge in [-0.3, -0.25) is 4.79 Å². The Bertz CT molecular complexity index is 1040. The molecule has 6 nitrogen and oxygen atoms in total. The van der Waals surface area contributed by atoms with Gasteiger partial charge < -0.3 is 14.8 Å². The molecule has 0 atom stereocenters. The van der Waals surface area contributed by atoms with Gasteiger partial charge in [0, 0.05) is 4.88 Å². The van der Waals surface area contributed by atoms with E-state index in [-0.39, 0.29) is 12.2 Å². The number of nitrogens with zero attached hydrogens (tertiary/aromatic N) is 1. The Balaban J connectivity index is 1.83. The molecule has 0 unspecified atom stereocenters. The van der Waals surface area contributed by atoms with Crippen LogP contribution in [0.15, 0.2) is 42.5 Å². The van der Waals surface area contributed by atoms with Crippen molar-refractivity contribution in [1.82, 2.24) is 0 Å². The van der Waals surface area contributed by atoms with Crippen molar-refractivity contribution in [3.8, 4) is 11.8 Å². The summed E-state index contributed by atoms with van der Waals surface area (Å²) in [5.41, 5.74) is 2.02. The minimum absolute atomic E-state index is 0.0547. The van der Waals surface area contributed by atoms with Gasteiger partial charge in [-0.2, -0.15) is 5.26 Å². The normalized spacial score (nSPS) is 13.0. The Hall–Kier alpha value is -3.37. The molecule has 0 spiro atoms. The third kappa shape index (κ3) is 5.41. The molecule has 0 bridgehead atoms. The number of ether oxygens (including phenoxy) is 2. The molecule has 0 saturated carbocycles. The molecule has 0 fully saturated rings. The second-order valence-electron chi connectivity index (χ2n) is 6.93. The Labute approximate surface area is 185 Å². The van der Waals surface area contributed by atoms with Crippen LogP contribution in [0, 0.1) is 11.3 Å². The number of carbonyl (C=O) groups is 2. The molecule has 1 N–H and O–H groups in total. The van der Waals surface area contributed by atoms with Gasteiger partial charge in [-0.05, 0) is 61.9 Å². The molecule has 1 aliphatic rings. The molecule has 0 radical (unpaired) electrons. The van der Waals surface area contributed by atoms with Crippen molar-refractivity contribution in [2.75, 3.05) is 18.5 Å². The molecule has 0 aliphatic heterocycles. The first kappa shape index (κ1) is 22.3. The Morgan fingerprint density at radius 2 is 2.00 bits per heavy atom. The number of nitriles is 1. The highest BCUT2D eigenvalue weighted by molar-refractivity contribution is 7.17. The van der Waals surface area contributed by atoms with E-state index in [0.717, 1.165) is 36.1 Å². The molecule has 1 amide bonds. The predicted octanol–water partition coefficient (Wildman–Crippen LogP) is 4.91. The SMILES string of the molecule is C=CCOc1ccc(/C=C(\C#N)C(=O)Nc2sc3c(c2C(=O)OCC)CCCC3)cc1. The van der Waals surface area contributed by atoms with Gasteiger partial charge >= 0.3 is 5.97 Å².